The first-order chi connectivity index (χ1) is 41.3. The molecule has 0 saturated carbocycles. The van der Waals surface area contributed by atoms with Crippen molar-refractivity contribution in [1.29, 1.82) is 0 Å². The van der Waals surface area contributed by atoms with Crippen LogP contribution in [0, 0.1) is 6.85 Å². The standard InChI is InChI=1S/C77H72BN3O3/c1-48-19-13-14-20-59(48)50-27-42-68-67(43-50)78-66-41-39-58(79(54-34-28-51(29-35-54)74(2,3)4)55-36-30-52(31-37-55)75(5,6)7)47-69(66)81(57-38-40-62-61-22-17-18-24-64(61)77(11,12)65(62)46-57)71-45-53(76(8,9)10)44-70(72(71)78)80(68)56-32-25-49(26-33-56)60-21-15-16-23-63(60)73(82)84-83/h13-47,83H,1-12H3/i1D3. The molecular formula is C77H72BN3O3. The zero-order valence-corrected chi connectivity index (χ0v) is 49.9. The van der Waals surface area contributed by atoms with Crippen LogP contribution in [0.15, 0.2) is 212 Å². The Bertz CT molecular complexity index is 4320. The van der Waals surface area contributed by atoms with Crippen molar-refractivity contribution in [2.45, 2.75) is 105 Å². The van der Waals surface area contributed by atoms with Crippen molar-refractivity contribution in [3.05, 3.63) is 251 Å². The molecule has 10 aromatic rings. The van der Waals surface area contributed by atoms with Gasteiger partial charge in [0.05, 0.1) is 5.56 Å². The number of hydrogen-bond donors (Lipinski definition) is 1. The summed E-state index contributed by atoms with van der Waals surface area (Å²) in [5.74, 6) is -0.835. The summed E-state index contributed by atoms with van der Waals surface area (Å²) in [6, 6.07) is 74.9. The number of nitrogens with zero attached hydrogens (tertiary/aromatic N) is 3. The summed E-state index contributed by atoms with van der Waals surface area (Å²) < 4.78 is 26.2. The second kappa shape index (κ2) is 19.9. The van der Waals surface area contributed by atoms with Crippen molar-refractivity contribution in [2.24, 2.45) is 0 Å². The highest BCUT2D eigenvalue weighted by Crippen LogP contribution is 2.53. The fraction of sp³-hybridized carbons (Fsp3) is 0.208. The lowest BCUT2D eigenvalue weighted by molar-refractivity contribution is -0.182. The number of fused-ring (bicyclic) bond motifs is 7. The summed E-state index contributed by atoms with van der Waals surface area (Å²) in [5, 5.41) is 9.51. The maximum atomic E-state index is 12.9. The summed E-state index contributed by atoms with van der Waals surface area (Å²) in [5.41, 5.74) is 23.8. The van der Waals surface area contributed by atoms with Gasteiger partial charge in [-0.1, -0.05) is 204 Å². The third-order valence-electron chi connectivity index (χ3n) is 17.9. The Kier molecular flexibility index (Phi) is 12.0. The first-order valence-corrected chi connectivity index (χ1v) is 29.3. The number of benzene rings is 10. The van der Waals surface area contributed by atoms with Crippen molar-refractivity contribution in [2.75, 3.05) is 14.7 Å². The number of carbonyl (C=O) groups excluding carboxylic acids is 1. The Morgan fingerprint density at radius 3 is 1.63 bits per heavy atom. The van der Waals surface area contributed by atoms with Crippen LogP contribution < -0.4 is 31.1 Å². The largest absolute Gasteiger partial charge is 0.373 e. The van der Waals surface area contributed by atoms with E-state index >= 15 is 0 Å². The molecule has 0 saturated heterocycles. The minimum atomic E-state index is -2.36. The molecule has 0 amide bonds. The fourth-order valence-electron chi connectivity index (χ4n) is 13.3. The highest BCUT2D eigenvalue weighted by atomic mass is 17.1. The Morgan fingerprint density at radius 1 is 0.476 bits per heavy atom. The Morgan fingerprint density at radius 2 is 1.01 bits per heavy atom. The third-order valence-corrected chi connectivity index (χ3v) is 17.9. The van der Waals surface area contributed by atoms with E-state index in [4.69, 9.17) is 4.11 Å². The number of rotatable bonds is 8. The van der Waals surface area contributed by atoms with Crippen molar-refractivity contribution in [3.8, 4) is 33.4 Å². The predicted molar refractivity (Wildman–Crippen MR) is 352 cm³/mol. The number of hydrogen-bond acceptors (Lipinski definition) is 6. The average molecular weight is 1100 g/mol. The summed E-state index contributed by atoms with van der Waals surface area (Å²) in [6.07, 6.45) is 0. The number of aryl methyl sites for hydroxylation is 1. The van der Waals surface area contributed by atoms with Crippen molar-refractivity contribution < 1.29 is 19.1 Å². The van der Waals surface area contributed by atoms with E-state index in [1.54, 1.807) is 24.3 Å². The summed E-state index contributed by atoms with van der Waals surface area (Å²) in [6.45, 7) is 22.4. The molecule has 6 nitrogen and oxygen atoms in total. The average Bonchev–Trinajstić information content (AvgIpc) is 0.829. The number of anilines is 9. The van der Waals surface area contributed by atoms with Crippen LogP contribution in [0.3, 0.4) is 0 Å². The van der Waals surface area contributed by atoms with E-state index in [1.165, 1.54) is 33.4 Å². The van der Waals surface area contributed by atoms with E-state index in [1.807, 2.05) is 36.4 Å². The first-order valence-electron chi connectivity index (χ1n) is 30.8. The van der Waals surface area contributed by atoms with Crippen LogP contribution in [-0.4, -0.2) is 17.9 Å². The maximum absolute atomic E-state index is 12.9. The lowest BCUT2D eigenvalue weighted by Gasteiger charge is -2.45. The van der Waals surface area contributed by atoms with Gasteiger partial charge >= 0.3 is 5.97 Å². The lowest BCUT2D eigenvalue weighted by atomic mass is 9.33. The lowest BCUT2D eigenvalue weighted by Crippen LogP contribution is -2.61. The Balaban J connectivity index is 1.11. The molecule has 13 rings (SSSR count). The molecule has 416 valence electrons. The van der Waals surface area contributed by atoms with E-state index in [-0.39, 0.29) is 33.9 Å². The molecule has 0 aromatic heterocycles. The monoisotopic (exact) mass is 1100 g/mol. The van der Waals surface area contributed by atoms with E-state index < -0.39 is 12.8 Å². The van der Waals surface area contributed by atoms with Gasteiger partial charge in [-0.25, -0.2) is 4.79 Å². The first kappa shape index (κ1) is 50.8. The van der Waals surface area contributed by atoms with Crippen LogP contribution in [0.4, 0.5) is 51.2 Å². The van der Waals surface area contributed by atoms with Crippen LogP contribution >= 0.6 is 0 Å². The normalized spacial score (nSPS) is 14.5. The summed E-state index contributed by atoms with van der Waals surface area (Å²) >= 11 is 0. The minimum absolute atomic E-state index is 0.0394. The zero-order valence-electron chi connectivity index (χ0n) is 52.9. The zero-order chi connectivity index (χ0) is 61.3. The Labute approximate surface area is 500 Å². The van der Waals surface area contributed by atoms with Gasteiger partial charge in [0.2, 0.25) is 0 Å². The molecule has 0 atom stereocenters. The van der Waals surface area contributed by atoms with Crippen molar-refractivity contribution >= 4 is 80.3 Å². The van der Waals surface area contributed by atoms with Gasteiger partial charge in [0.15, 0.2) is 0 Å². The number of carbonyl (C=O) groups is 1. The molecule has 0 spiro atoms. The molecule has 0 radical (unpaired) electrons. The summed E-state index contributed by atoms with van der Waals surface area (Å²) in [4.78, 5) is 24.4. The van der Waals surface area contributed by atoms with Gasteiger partial charge in [0, 0.05) is 60.7 Å². The second-order valence-corrected chi connectivity index (χ2v) is 26.6. The summed E-state index contributed by atoms with van der Waals surface area (Å²) in [7, 11) is 0. The highest BCUT2D eigenvalue weighted by Gasteiger charge is 2.45. The molecule has 7 heteroatoms. The van der Waals surface area contributed by atoms with Gasteiger partial charge in [-0.15, -0.1) is 0 Å². The molecule has 1 aliphatic carbocycles. The van der Waals surface area contributed by atoms with Gasteiger partial charge in [0.1, 0.15) is 0 Å². The maximum Gasteiger partial charge on any atom is 0.373 e. The van der Waals surface area contributed by atoms with Crippen molar-refractivity contribution in [1.82, 2.24) is 0 Å². The fourth-order valence-corrected chi connectivity index (χ4v) is 13.3. The molecule has 84 heavy (non-hydrogen) atoms. The molecule has 3 aliphatic rings. The van der Waals surface area contributed by atoms with E-state index in [0.717, 1.165) is 84.3 Å². The quantitative estimate of drug-likeness (QED) is 0.0930. The molecule has 0 fully saturated rings. The van der Waals surface area contributed by atoms with Gasteiger partial charge in [0.25, 0.3) is 6.71 Å². The van der Waals surface area contributed by atoms with E-state index in [9.17, 15) is 10.1 Å². The topological polar surface area (TPSA) is 56.2 Å². The van der Waals surface area contributed by atoms with E-state index in [0.29, 0.717) is 16.7 Å². The van der Waals surface area contributed by atoms with Gasteiger partial charge < -0.3 is 14.7 Å². The van der Waals surface area contributed by atoms with Crippen LogP contribution in [0.1, 0.15) is 124 Å². The molecule has 2 heterocycles. The highest BCUT2D eigenvalue weighted by molar-refractivity contribution is 7.00. The van der Waals surface area contributed by atoms with Crippen molar-refractivity contribution in [3.63, 3.8) is 0 Å². The SMILES string of the molecule is [2H]C([2H])([2H])c1ccccc1-c1ccc2c(c1)B1c3ccc(N(c4ccc(C(C)(C)C)cc4)c4ccc(C(C)(C)C)cc4)cc3N(c3ccc4c(c3)C(C)(C)c3ccccc3-4)c3cc(C(C)(C)C)cc(c31)N2c1ccc(-c2ccccc2C(=O)OO)cc1. The van der Waals surface area contributed by atoms with Crippen LogP contribution in [0.5, 0.6) is 0 Å². The Hall–Kier alpha value is -8.91. The van der Waals surface area contributed by atoms with Gasteiger partial charge in [-0.2, -0.15) is 5.26 Å². The van der Waals surface area contributed by atoms with Gasteiger partial charge in [-0.3, -0.25) is 4.89 Å². The predicted octanol–water partition coefficient (Wildman–Crippen LogP) is 18.7. The van der Waals surface area contributed by atoms with Crippen LogP contribution in [0.2, 0.25) is 0 Å². The molecular weight excluding hydrogens is 1030 g/mol. The molecule has 10 aromatic carbocycles. The third kappa shape index (κ3) is 9.03. The smallest absolute Gasteiger partial charge is 0.311 e. The molecule has 1 N–H and O–H groups in total. The van der Waals surface area contributed by atoms with E-state index in [2.05, 4.69) is 247 Å². The molecule has 0 unspecified atom stereocenters. The second-order valence-electron chi connectivity index (χ2n) is 26.6. The molecule has 0 bridgehead atoms. The van der Waals surface area contributed by atoms with Gasteiger partial charge in [-0.05, 0) is 191 Å². The van der Waals surface area contributed by atoms with Crippen LogP contribution in [-0.2, 0) is 26.5 Å². The van der Waals surface area contributed by atoms with Crippen LogP contribution in [0.25, 0.3) is 33.4 Å². The molecule has 2 aliphatic heterocycles. The minimum Gasteiger partial charge on any atom is -0.311 e.